The van der Waals surface area contributed by atoms with Crippen molar-refractivity contribution in [3.8, 4) is 46.4 Å². The number of ether oxygens (including phenoxy) is 4. The van der Waals surface area contributed by atoms with Crippen LogP contribution in [0.2, 0.25) is 51.4 Å². The normalized spacial score (nSPS) is 19.8. The molecular weight excluding hydrogens is 1390 g/mol. The van der Waals surface area contributed by atoms with Crippen LogP contribution in [-0.2, 0) is 73.0 Å². The highest BCUT2D eigenvalue weighted by molar-refractivity contribution is 7.85. The second-order valence-corrected chi connectivity index (χ2v) is 42.7. The van der Waals surface area contributed by atoms with Crippen molar-refractivity contribution in [1.82, 2.24) is 83.3 Å². The summed E-state index contributed by atoms with van der Waals surface area (Å²) in [5, 5.41) is 30.8. The highest BCUT2D eigenvalue weighted by atomic mass is 32.2. The van der Waals surface area contributed by atoms with E-state index in [1.165, 1.54) is 12.4 Å². The van der Waals surface area contributed by atoms with Gasteiger partial charge in [-0.25, -0.2) is 29.9 Å². The zero-order valence-corrected chi connectivity index (χ0v) is 61.6. The fourth-order valence-corrected chi connectivity index (χ4v) is 15.7. The van der Waals surface area contributed by atoms with Gasteiger partial charge in [0.1, 0.15) is 66.4 Å². The summed E-state index contributed by atoms with van der Waals surface area (Å²) in [6.45, 7) is 19.0. The van der Waals surface area contributed by atoms with Crippen molar-refractivity contribution in [1.29, 1.82) is 10.5 Å². The smallest absolute Gasteiger partial charge is 0.451 e. The molecule has 0 bridgehead atoms. The largest absolute Gasteiger partial charge is 0.474 e. The monoisotopic (exact) mass is 1470 g/mol. The summed E-state index contributed by atoms with van der Waals surface area (Å²) in [4.78, 5) is 38.9. The van der Waals surface area contributed by atoms with E-state index in [2.05, 4.69) is 105 Å². The first-order valence-electron chi connectivity index (χ1n) is 34.1. The van der Waals surface area contributed by atoms with Crippen molar-refractivity contribution in [2.24, 2.45) is 0 Å². The molecule has 0 radical (unpaired) electrons. The molecule has 0 spiro atoms. The highest BCUT2D eigenvalue weighted by Crippen LogP contribution is 2.42. The van der Waals surface area contributed by atoms with E-state index in [0.717, 1.165) is 102 Å². The number of nitriles is 2. The molecule has 10 heterocycles. The van der Waals surface area contributed by atoms with Crippen LogP contribution in [0.15, 0.2) is 74.1 Å². The second kappa shape index (κ2) is 30.8. The maximum absolute atomic E-state index is 13.5. The van der Waals surface area contributed by atoms with Crippen molar-refractivity contribution in [3.05, 3.63) is 97.1 Å². The molecule has 8 aromatic heterocycles. The van der Waals surface area contributed by atoms with Gasteiger partial charge in [0.05, 0.1) is 67.3 Å². The summed E-state index contributed by atoms with van der Waals surface area (Å²) in [5.41, 5.74) is 3.69. The molecular formula is C67H87F6N19O7SSi2. The number of hydrogen-bond acceptors (Lipinski definition) is 22. The zero-order chi connectivity index (χ0) is 73.0. The van der Waals surface area contributed by atoms with Crippen LogP contribution in [0.5, 0.6) is 11.8 Å². The van der Waals surface area contributed by atoms with Crippen LogP contribution in [0, 0.1) is 22.7 Å². The standard InChI is InChI=1S/C34H45F3N10O2Si.C33H42F3N9O5SSi/c1-44(2)19-25-16-29(43-32(42-25)34(35,36)37)49-27-8-6-26(7-9-27)46-20-33(21-46,11-12-38)47-18-24(17-41-47)30-28-10-13-45(31(28)40-22-39-30)23-48-14-15-50(3,4)5;1-48-51(46,47)18-24-15-28(42-31(41-24)33(34,35)36)50-26-7-5-25(6-8-26)44-19-32(20-44,10-11-37)45-17-23(16-40-45)29-27-9-12-43(30(27)39-21-38-29)22-49-13-14-52(2,3)4/h10,13,16-18,22,26-27H,6-9,11,14-15,19-21,23H2,1-5H3;9,12,15-17,21,25-26H,5-8,10,13-14,18-20,22H2,1-4H3/t26-,27+;25-,26+. The molecule has 8 aromatic rings. The van der Waals surface area contributed by atoms with Gasteiger partial charge in [-0.3, -0.25) is 23.3 Å². The summed E-state index contributed by atoms with van der Waals surface area (Å²) < 4.78 is 141. The van der Waals surface area contributed by atoms with Gasteiger partial charge < -0.3 is 33.0 Å². The molecule has 0 N–H and O–H groups in total. The first-order chi connectivity index (χ1) is 48.3. The molecule has 0 amide bonds. The maximum atomic E-state index is 13.5. The number of alkyl halides is 6. The van der Waals surface area contributed by atoms with E-state index in [1.54, 1.807) is 37.7 Å². The van der Waals surface area contributed by atoms with E-state index in [9.17, 15) is 45.3 Å². The Balaban J connectivity index is 0.000000205. The van der Waals surface area contributed by atoms with E-state index in [1.807, 2.05) is 55.4 Å². The number of rotatable bonds is 27. The van der Waals surface area contributed by atoms with Crippen molar-refractivity contribution in [2.45, 2.75) is 189 Å². The van der Waals surface area contributed by atoms with Crippen LogP contribution in [-0.4, -0.2) is 193 Å². The summed E-state index contributed by atoms with van der Waals surface area (Å²) in [7, 11) is -2.03. The van der Waals surface area contributed by atoms with E-state index >= 15 is 0 Å². The van der Waals surface area contributed by atoms with Gasteiger partial charge in [-0.05, 0) is 89.7 Å². The van der Waals surface area contributed by atoms with E-state index in [0.29, 0.717) is 78.4 Å². The molecule has 0 aromatic carbocycles. The third-order valence-electron chi connectivity index (χ3n) is 19.0. The first-order valence-corrected chi connectivity index (χ1v) is 43.1. The Labute approximate surface area is 590 Å². The Morgan fingerprint density at radius 3 is 1.40 bits per heavy atom. The van der Waals surface area contributed by atoms with Gasteiger partial charge in [0.2, 0.25) is 23.4 Å². The molecule has 2 aliphatic heterocycles. The third kappa shape index (κ3) is 18.4. The fraction of sp³-hybridized carbons (Fsp3) is 0.582. The SMILES string of the molecule is CN(C)Cc1cc(O[C@H]2CC[C@@H](N3CC(CC#N)(n4cc(-c5ncnc6c5ccn6COCC[Si](C)(C)C)cn4)C3)CC2)nc(C(F)(F)F)n1.COS(=O)(=O)Cc1cc(O[C@H]2CC[C@@H](N3CC(CC#N)(n4cc(-c5ncnc6c5ccn6COCC[Si](C)(C)C)cn4)C3)CC2)nc(C(F)(F)F)n1. The van der Waals surface area contributed by atoms with E-state index in [4.69, 9.17) is 29.1 Å². The molecule has 26 nitrogen and oxygen atoms in total. The van der Waals surface area contributed by atoms with E-state index < -0.39 is 73.2 Å². The average molecular weight is 1470 g/mol. The number of aromatic nitrogens is 14. The molecule has 4 aliphatic rings. The van der Waals surface area contributed by atoms with Crippen LogP contribution in [0.25, 0.3) is 44.6 Å². The molecule has 2 saturated heterocycles. The minimum Gasteiger partial charge on any atom is -0.474 e. The Kier molecular flexibility index (Phi) is 22.8. The fourth-order valence-electron chi connectivity index (χ4n) is 13.5. The Morgan fingerprint density at radius 2 is 1.02 bits per heavy atom. The molecule has 548 valence electrons. The van der Waals surface area contributed by atoms with Gasteiger partial charge in [-0.2, -0.15) is 65.4 Å². The predicted molar refractivity (Wildman–Crippen MR) is 370 cm³/mol. The molecule has 102 heavy (non-hydrogen) atoms. The molecule has 4 fully saturated rings. The lowest BCUT2D eigenvalue weighted by atomic mass is 9.82. The lowest BCUT2D eigenvalue weighted by Gasteiger charge is -2.53. The maximum Gasteiger partial charge on any atom is 0.451 e. The number of hydrogen-bond donors (Lipinski definition) is 0. The Hall–Kier alpha value is -7.88. The lowest BCUT2D eigenvalue weighted by molar-refractivity contribution is -0.146. The number of fused-ring (bicyclic) bond motifs is 2. The third-order valence-corrected chi connectivity index (χ3v) is 23.6. The number of likely N-dealkylation sites (tertiary alicyclic amines) is 2. The van der Waals surface area contributed by atoms with Gasteiger partial charge in [-0.1, -0.05) is 39.3 Å². The van der Waals surface area contributed by atoms with Crippen LogP contribution in [0.1, 0.15) is 87.2 Å². The van der Waals surface area contributed by atoms with Crippen molar-refractivity contribution < 1.29 is 57.9 Å². The van der Waals surface area contributed by atoms with Crippen molar-refractivity contribution in [3.63, 3.8) is 0 Å². The Bertz CT molecular complexity index is 4400. The van der Waals surface area contributed by atoms with Gasteiger partial charge >= 0.3 is 12.4 Å². The van der Waals surface area contributed by atoms with Crippen LogP contribution < -0.4 is 9.47 Å². The minimum absolute atomic E-state index is 0.0394. The van der Waals surface area contributed by atoms with Gasteiger partial charge in [-0.15, -0.1) is 0 Å². The van der Waals surface area contributed by atoms with Crippen LogP contribution >= 0.6 is 0 Å². The molecule has 0 unspecified atom stereocenters. The topological polar surface area (TPSA) is 286 Å². The van der Waals surface area contributed by atoms with Gasteiger partial charge in [0, 0.05) is 133 Å². The molecule has 12 rings (SSSR count). The minimum atomic E-state index is -4.89. The molecule has 2 saturated carbocycles. The Morgan fingerprint density at radius 1 is 0.608 bits per heavy atom. The molecule has 35 heteroatoms. The second-order valence-electron chi connectivity index (χ2n) is 29.7. The molecule has 0 atom stereocenters. The lowest BCUT2D eigenvalue weighted by Crippen LogP contribution is -2.65. The summed E-state index contributed by atoms with van der Waals surface area (Å²) >= 11 is 0. The zero-order valence-electron chi connectivity index (χ0n) is 58.8. The van der Waals surface area contributed by atoms with Gasteiger partial charge in [0.25, 0.3) is 10.1 Å². The summed E-state index contributed by atoms with van der Waals surface area (Å²) in [6, 6.07) is 13.9. The van der Waals surface area contributed by atoms with Gasteiger partial charge in [0.15, 0.2) is 0 Å². The number of halogens is 6. The quantitative estimate of drug-likeness (QED) is 0.0200. The van der Waals surface area contributed by atoms with Crippen molar-refractivity contribution >= 4 is 48.3 Å². The molecule has 2 aliphatic carbocycles. The summed E-state index contributed by atoms with van der Waals surface area (Å²) in [6.07, 6.45) is 10.5. The highest BCUT2D eigenvalue weighted by Gasteiger charge is 2.50. The average Bonchev–Trinajstić information content (AvgIpc) is 1.44. The predicted octanol–water partition coefficient (Wildman–Crippen LogP) is 11.0. The summed E-state index contributed by atoms with van der Waals surface area (Å²) in [5.74, 6) is -3.88. The number of nitrogens with zero attached hydrogens (tertiary/aromatic N) is 19. The van der Waals surface area contributed by atoms with Crippen molar-refractivity contribution in [2.75, 3.05) is 60.6 Å². The van der Waals surface area contributed by atoms with Crippen LogP contribution in [0.4, 0.5) is 26.3 Å². The van der Waals surface area contributed by atoms with E-state index in [-0.39, 0.29) is 54.3 Å². The first kappa shape index (κ1) is 75.3. The van der Waals surface area contributed by atoms with Crippen LogP contribution in [0.3, 0.4) is 0 Å².